The molecular formula is C16H25ClN2. The van der Waals surface area contributed by atoms with E-state index < -0.39 is 0 Å². The predicted octanol–water partition coefficient (Wildman–Crippen LogP) is 3.51. The molecule has 0 aliphatic carbocycles. The molecule has 0 radical (unpaired) electrons. The van der Waals surface area contributed by atoms with Gasteiger partial charge in [-0.05, 0) is 30.0 Å². The van der Waals surface area contributed by atoms with Crippen molar-refractivity contribution in [3.63, 3.8) is 0 Å². The van der Waals surface area contributed by atoms with E-state index >= 15 is 0 Å². The van der Waals surface area contributed by atoms with Gasteiger partial charge in [0, 0.05) is 44.3 Å². The first-order chi connectivity index (χ1) is 9.10. The zero-order chi connectivity index (χ0) is 13.8. The number of alkyl halides is 1. The lowest BCUT2D eigenvalue weighted by molar-refractivity contribution is 0.231. The number of piperazine rings is 1. The molecule has 106 valence electrons. The Labute approximate surface area is 122 Å². The molecule has 0 N–H and O–H groups in total. The highest BCUT2D eigenvalue weighted by atomic mass is 35.5. The standard InChI is InChI=1S/C16H25ClN2/c1-13(2)12-18-6-8-19(9-7-18)16-5-4-15(11-17)10-14(16)3/h4-5,10,13H,6-9,11-12H2,1-3H3. The van der Waals surface area contributed by atoms with Gasteiger partial charge in [-0.1, -0.05) is 26.0 Å². The van der Waals surface area contributed by atoms with Gasteiger partial charge in [0.15, 0.2) is 0 Å². The minimum absolute atomic E-state index is 0.600. The Morgan fingerprint density at radius 2 is 1.84 bits per heavy atom. The lowest BCUT2D eigenvalue weighted by atomic mass is 10.1. The van der Waals surface area contributed by atoms with Crippen LogP contribution in [-0.4, -0.2) is 37.6 Å². The van der Waals surface area contributed by atoms with Crippen molar-refractivity contribution in [3.05, 3.63) is 29.3 Å². The van der Waals surface area contributed by atoms with Gasteiger partial charge in [-0.15, -0.1) is 11.6 Å². The molecule has 1 aliphatic heterocycles. The van der Waals surface area contributed by atoms with Crippen molar-refractivity contribution in [3.8, 4) is 0 Å². The van der Waals surface area contributed by atoms with E-state index in [-0.39, 0.29) is 0 Å². The maximum absolute atomic E-state index is 5.88. The fourth-order valence-corrected chi connectivity index (χ4v) is 3.01. The van der Waals surface area contributed by atoms with Gasteiger partial charge >= 0.3 is 0 Å². The van der Waals surface area contributed by atoms with Gasteiger partial charge in [0.1, 0.15) is 0 Å². The molecule has 1 aliphatic rings. The van der Waals surface area contributed by atoms with Crippen LogP contribution in [0.5, 0.6) is 0 Å². The third kappa shape index (κ3) is 3.87. The molecule has 3 heteroatoms. The number of rotatable bonds is 4. The minimum Gasteiger partial charge on any atom is -0.369 e. The fraction of sp³-hybridized carbons (Fsp3) is 0.625. The second-order valence-electron chi connectivity index (χ2n) is 5.94. The molecule has 2 rings (SSSR count). The first-order valence-electron chi connectivity index (χ1n) is 7.23. The van der Waals surface area contributed by atoms with E-state index in [1.165, 1.54) is 36.4 Å². The number of halogens is 1. The molecule has 0 saturated carbocycles. The Balaban J connectivity index is 1.97. The monoisotopic (exact) mass is 280 g/mol. The van der Waals surface area contributed by atoms with Crippen molar-refractivity contribution < 1.29 is 0 Å². The SMILES string of the molecule is Cc1cc(CCl)ccc1N1CCN(CC(C)C)CC1. The van der Waals surface area contributed by atoms with Crippen molar-refractivity contribution in [1.29, 1.82) is 0 Å². The summed E-state index contributed by atoms with van der Waals surface area (Å²) in [7, 11) is 0. The molecule has 19 heavy (non-hydrogen) atoms. The van der Waals surface area contributed by atoms with Crippen LogP contribution in [-0.2, 0) is 5.88 Å². The van der Waals surface area contributed by atoms with Crippen molar-refractivity contribution in [1.82, 2.24) is 4.90 Å². The predicted molar refractivity (Wildman–Crippen MR) is 84.2 cm³/mol. The number of aryl methyl sites for hydroxylation is 1. The summed E-state index contributed by atoms with van der Waals surface area (Å²) in [5, 5.41) is 0. The average Bonchev–Trinajstić information content (AvgIpc) is 2.39. The molecule has 0 aromatic heterocycles. The van der Waals surface area contributed by atoms with E-state index in [4.69, 9.17) is 11.6 Å². The summed E-state index contributed by atoms with van der Waals surface area (Å²) in [6.07, 6.45) is 0. The Morgan fingerprint density at radius 1 is 1.16 bits per heavy atom. The zero-order valence-corrected chi connectivity index (χ0v) is 13.1. The molecule has 2 nitrogen and oxygen atoms in total. The van der Waals surface area contributed by atoms with Crippen LogP contribution < -0.4 is 4.90 Å². The maximum atomic E-state index is 5.88. The van der Waals surface area contributed by atoms with Crippen LogP contribution in [0.15, 0.2) is 18.2 Å². The topological polar surface area (TPSA) is 6.48 Å². The van der Waals surface area contributed by atoms with Gasteiger partial charge in [-0.2, -0.15) is 0 Å². The van der Waals surface area contributed by atoms with Gasteiger partial charge in [-0.25, -0.2) is 0 Å². The fourth-order valence-electron chi connectivity index (χ4n) is 2.84. The van der Waals surface area contributed by atoms with E-state index in [2.05, 4.69) is 48.8 Å². The lowest BCUT2D eigenvalue weighted by Gasteiger charge is -2.37. The second-order valence-corrected chi connectivity index (χ2v) is 6.20. The molecular weight excluding hydrogens is 256 g/mol. The van der Waals surface area contributed by atoms with Crippen molar-refractivity contribution in [2.75, 3.05) is 37.6 Å². The molecule has 1 fully saturated rings. The zero-order valence-electron chi connectivity index (χ0n) is 12.3. The van der Waals surface area contributed by atoms with Crippen molar-refractivity contribution in [2.45, 2.75) is 26.7 Å². The normalized spacial score (nSPS) is 17.2. The number of hydrogen-bond donors (Lipinski definition) is 0. The first-order valence-corrected chi connectivity index (χ1v) is 7.76. The molecule has 0 spiro atoms. The van der Waals surface area contributed by atoms with Gasteiger partial charge in [0.25, 0.3) is 0 Å². The maximum Gasteiger partial charge on any atom is 0.0474 e. The number of hydrogen-bond acceptors (Lipinski definition) is 2. The highest BCUT2D eigenvalue weighted by molar-refractivity contribution is 6.17. The van der Waals surface area contributed by atoms with Crippen LogP contribution in [0.4, 0.5) is 5.69 Å². The average molecular weight is 281 g/mol. The van der Waals surface area contributed by atoms with E-state index in [0.717, 1.165) is 19.0 Å². The van der Waals surface area contributed by atoms with Crippen LogP contribution in [0.2, 0.25) is 0 Å². The summed E-state index contributed by atoms with van der Waals surface area (Å²) in [4.78, 5) is 5.08. The summed E-state index contributed by atoms with van der Waals surface area (Å²) in [6.45, 7) is 12.6. The molecule has 1 aromatic carbocycles. The quantitative estimate of drug-likeness (QED) is 0.779. The summed E-state index contributed by atoms with van der Waals surface area (Å²) in [5.41, 5.74) is 3.93. The molecule has 0 amide bonds. The summed E-state index contributed by atoms with van der Waals surface area (Å²) < 4.78 is 0. The van der Waals surface area contributed by atoms with Crippen LogP contribution >= 0.6 is 11.6 Å². The molecule has 0 atom stereocenters. The van der Waals surface area contributed by atoms with Gasteiger partial charge in [0.05, 0.1) is 0 Å². The lowest BCUT2D eigenvalue weighted by Crippen LogP contribution is -2.47. The Bertz CT molecular complexity index is 409. The smallest absolute Gasteiger partial charge is 0.0474 e. The van der Waals surface area contributed by atoms with Crippen molar-refractivity contribution >= 4 is 17.3 Å². The van der Waals surface area contributed by atoms with E-state index in [9.17, 15) is 0 Å². The summed E-state index contributed by atoms with van der Waals surface area (Å²) >= 11 is 5.88. The third-order valence-electron chi connectivity index (χ3n) is 3.75. The van der Waals surface area contributed by atoms with E-state index in [1.54, 1.807) is 0 Å². The highest BCUT2D eigenvalue weighted by Gasteiger charge is 2.18. The molecule has 0 bridgehead atoms. The Hall–Kier alpha value is -0.730. The summed E-state index contributed by atoms with van der Waals surface area (Å²) in [5.74, 6) is 1.36. The molecule has 0 unspecified atom stereocenters. The molecule has 1 heterocycles. The third-order valence-corrected chi connectivity index (χ3v) is 4.06. The van der Waals surface area contributed by atoms with E-state index in [0.29, 0.717) is 5.88 Å². The van der Waals surface area contributed by atoms with Crippen LogP contribution in [0.1, 0.15) is 25.0 Å². The van der Waals surface area contributed by atoms with Crippen LogP contribution in [0, 0.1) is 12.8 Å². The van der Waals surface area contributed by atoms with Crippen LogP contribution in [0.25, 0.3) is 0 Å². The number of benzene rings is 1. The molecule has 1 aromatic rings. The number of nitrogens with zero attached hydrogens (tertiary/aromatic N) is 2. The van der Waals surface area contributed by atoms with Gasteiger partial charge in [-0.3, -0.25) is 4.90 Å². The minimum atomic E-state index is 0.600. The van der Waals surface area contributed by atoms with Crippen molar-refractivity contribution in [2.24, 2.45) is 5.92 Å². The number of anilines is 1. The molecule has 1 saturated heterocycles. The van der Waals surface area contributed by atoms with Crippen LogP contribution in [0.3, 0.4) is 0 Å². The second kappa shape index (κ2) is 6.62. The van der Waals surface area contributed by atoms with Gasteiger partial charge < -0.3 is 4.90 Å². The first kappa shape index (κ1) is 14.7. The largest absolute Gasteiger partial charge is 0.369 e. The van der Waals surface area contributed by atoms with E-state index in [1.807, 2.05) is 0 Å². The van der Waals surface area contributed by atoms with Gasteiger partial charge in [0.2, 0.25) is 0 Å². The summed E-state index contributed by atoms with van der Waals surface area (Å²) in [6, 6.07) is 6.59. The highest BCUT2D eigenvalue weighted by Crippen LogP contribution is 2.23. The Kier molecular flexibility index (Phi) is 5.12. The Morgan fingerprint density at radius 3 is 2.37 bits per heavy atom.